The Morgan fingerprint density at radius 2 is 1.68 bits per heavy atom. The molecular formula is C25H29N3O3. The van der Waals surface area contributed by atoms with E-state index in [0.717, 1.165) is 40.3 Å². The van der Waals surface area contributed by atoms with Gasteiger partial charge in [-0.05, 0) is 69.2 Å². The molecule has 3 aromatic rings. The predicted molar refractivity (Wildman–Crippen MR) is 121 cm³/mol. The molecule has 4 rings (SSSR count). The van der Waals surface area contributed by atoms with Crippen molar-refractivity contribution in [1.82, 2.24) is 15.1 Å². The summed E-state index contributed by atoms with van der Waals surface area (Å²) in [6.45, 7) is 8.94. The SMILES string of the molecule is CCCOc1ccc(C2c3c(-c4ccc(OC)cc4)n[nH]c3C(=O)N2C(C)(C)C)cc1. The predicted octanol–water partition coefficient (Wildman–Crippen LogP) is 5.22. The van der Waals surface area contributed by atoms with Crippen molar-refractivity contribution < 1.29 is 14.3 Å². The van der Waals surface area contributed by atoms with Crippen molar-refractivity contribution in [2.45, 2.75) is 45.7 Å². The molecular weight excluding hydrogens is 390 g/mol. The Morgan fingerprint density at radius 1 is 1.03 bits per heavy atom. The highest BCUT2D eigenvalue weighted by molar-refractivity contribution is 6.00. The van der Waals surface area contributed by atoms with Crippen molar-refractivity contribution >= 4 is 5.91 Å². The van der Waals surface area contributed by atoms with Gasteiger partial charge in [0.2, 0.25) is 0 Å². The van der Waals surface area contributed by atoms with Gasteiger partial charge in [0.1, 0.15) is 17.2 Å². The molecule has 0 spiro atoms. The van der Waals surface area contributed by atoms with Gasteiger partial charge in [-0.25, -0.2) is 0 Å². The lowest BCUT2D eigenvalue weighted by molar-refractivity contribution is 0.0546. The van der Waals surface area contributed by atoms with Crippen LogP contribution in [-0.4, -0.2) is 40.3 Å². The van der Waals surface area contributed by atoms with Crippen molar-refractivity contribution in [1.29, 1.82) is 0 Å². The summed E-state index contributed by atoms with van der Waals surface area (Å²) in [6.07, 6.45) is 0.959. The van der Waals surface area contributed by atoms with Crippen LogP contribution >= 0.6 is 0 Å². The smallest absolute Gasteiger partial charge is 0.273 e. The fraction of sp³-hybridized carbons (Fsp3) is 0.360. The van der Waals surface area contributed by atoms with Crippen molar-refractivity contribution in [2.75, 3.05) is 13.7 Å². The van der Waals surface area contributed by atoms with Gasteiger partial charge in [-0.3, -0.25) is 9.89 Å². The fourth-order valence-corrected chi connectivity index (χ4v) is 4.09. The van der Waals surface area contributed by atoms with E-state index in [2.05, 4.69) is 37.9 Å². The molecule has 0 fully saturated rings. The van der Waals surface area contributed by atoms with Gasteiger partial charge < -0.3 is 14.4 Å². The van der Waals surface area contributed by atoms with E-state index in [1.807, 2.05) is 53.4 Å². The summed E-state index contributed by atoms with van der Waals surface area (Å²) >= 11 is 0. The number of hydrogen-bond acceptors (Lipinski definition) is 4. The Balaban J connectivity index is 1.81. The molecule has 1 N–H and O–H groups in total. The minimum atomic E-state index is -0.365. The van der Waals surface area contributed by atoms with E-state index >= 15 is 0 Å². The lowest BCUT2D eigenvalue weighted by atomic mass is 9.93. The Morgan fingerprint density at radius 3 is 2.26 bits per heavy atom. The van der Waals surface area contributed by atoms with Gasteiger partial charge in [0.15, 0.2) is 0 Å². The van der Waals surface area contributed by atoms with E-state index < -0.39 is 0 Å². The molecule has 2 aromatic carbocycles. The second-order valence-electron chi connectivity index (χ2n) is 8.76. The second kappa shape index (κ2) is 8.10. The van der Waals surface area contributed by atoms with Crippen LogP contribution in [0.25, 0.3) is 11.3 Å². The minimum Gasteiger partial charge on any atom is -0.497 e. The van der Waals surface area contributed by atoms with Gasteiger partial charge in [-0.15, -0.1) is 0 Å². The Hall–Kier alpha value is -3.28. The number of benzene rings is 2. The van der Waals surface area contributed by atoms with Crippen LogP contribution in [0.5, 0.6) is 11.5 Å². The number of ether oxygens (including phenoxy) is 2. The zero-order valence-electron chi connectivity index (χ0n) is 18.7. The van der Waals surface area contributed by atoms with Crippen molar-refractivity contribution in [3.05, 3.63) is 65.4 Å². The number of H-pyrrole nitrogens is 1. The third-order valence-electron chi connectivity index (χ3n) is 5.52. The summed E-state index contributed by atoms with van der Waals surface area (Å²) < 4.78 is 11.0. The number of rotatable bonds is 6. The third kappa shape index (κ3) is 3.78. The molecule has 162 valence electrons. The quantitative estimate of drug-likeness (QED) is 0.595. The van der Waals surface area contributed by atoms with Gasteiger partial charge in [-0.1, -0.05) is 19.1 Å². The number of aromatic amines is 1. The van der Waals surface area contributed by atoms with E-state index in [1.165, 1.54) is 0 Å². The molecule has 1 aromatic heterocycles. The number of fused-ring (bicyclic) bond motifs is 1. The van der Waals surface area contributed by atoms with Gasteiger partial charge in [0.05, 0.1) is 25.5 Å². The molecule has 0 saturated heterocycles. The van der Waals surface area contributed by atoms with Gasteiger partial charge in [-0.2, -0.15) is 5.10 Å². The molecule has 31 heavy (non-hydrogen) atoms. The normalized spacial score (nSPS) is 15.8. The molecule has 1 atom stereocenters. The molecule has 1 unspecified atom stereocenters. The average molecular weight is 420 g/mol. The first-order valence-electron chi connectivity index (χ1n) is 10.6. The number of carbonyl (C=O) groups is 1. The van der Waals surface area contributed by atoms with Crippen LogP contribution in [0.3, 0.4) is 0 Å². The number of amides is 1. The first kappa shape index (κ1) is 21.0. The van der Waals surface area contributed by atoms with E-state index in [9.17, 15) is 4.79 Å². The summed E-state index contributed by atoms with van der Waals surface area (Å²) in [4.78, 5) is 15.3. The van der Waals surface area contributed by atoms with Gasteiger partial charge >= 0.3 is 0 Å². The van der Waals surface area contributed by atoms with Crippen LogP contribution in [0.4, 0.5) is 0 Å². The number of hydrogen-bond donors (Lipinski definition) is 1. The number of methoxy groups -OCH3 is 1. The first-order chi connectivity index (χ1) is 14.8. The first-order valence-corrected chi connectivity index (χ1v) is 10.6. The monoisotopic (exact) mass is 419 g/mol. The van der Waals surface area contributed by atoms with Crippen LogP contribution in [0.2, 0.25) is 0 Å². The third-order valence-corrected chi connectivity index (χ3v) is 5.52. The lowest BCUT2D eigenvalue weighted by Crippen LogP contribution is -2.44. The van der Waals surface area contributed by atoms with Crippen LogP contribution < -0.4 is 9.47 Å². The number of nitrogens with zero attached hydrogens (tertiary/aromatic N) is 2. The van der Waals surface area contributed by atoms with Crippen molar-refractivity contribution in [3.8, 4) is 22.8 Å². The summed E-state index contributed by atoms with van der Waals surface area (Å²) in [5, 5.41) is 7.53. The second-order valence-corrected chi connectivity index (χ2v) is 8.76. The Kier molecular flexibility index (Phi) is 5.48. The highest BCUT2D eigenvalue weighted by Gasteiger charge is 2.46. The van der Waals surface area contributed by atoms with Gasteiger partial charge in [0.25, 0.3) is 5.91 Å². The topological polar surface area (TPSA) is 67.5 Å². The summed E-state index contributed by atoms with van der Waals surface area (Å²) in [6, 6.07) is 15.5. The summed E-state index contributed by atoms with van der Waals surface area (Å²) in [5.74, 6) is 1.58. The van der Waals surface area contributed by atoms with E-state index in [0.29, 0.717) is 12.3 Å². The van der Waals surface area contributed by atoms with Crippen molar-refractivity contribution in [3.63, 3.8) is 0 Å². The summed E-state index contributed by atoms with van der Waals surface area (Å²) in [5.41, 5.74) is 3.85. The van der Waals surface area contributed by atoms with Crippen LogP contribution in [0.1, 0.15) is 61.8 Å². The number of aromatic nitrogens is 2. The molecule has 0 bridgehead atoms. The number of nitrogens with one attached hydrogen (secondary N) is 1. The highest BCUT2D eigenvalue weighted by Crippen LogP contribution is 2.46. The van der Waals surface area contributed by atoms with Crippen molar-refractivity contribution in [2.24, 2.45) is 0 Å². The molecule has 0 saturated carbocycles. The standard InChI is InChI=1S/C25H29N3O3/c1-6-15-31-19-13-9-17(10-14-19)23-20-21(16-7-11-18(30-5)12-8-16)26-27-22(20)24(29)28(23)25(2,3)4/h7-14,23H,6,15H2,1-5H3,(H,26,27). The molecule has 1 aliphatic rings. The molecule has 1 aliphatic heterocycles. The van der Waals surface area contributed by atoms with Crippen LogP contribution in [0, 0.1) is 0 Å². The maximum atomic E-state index is 13.4. The maximum Gasteiger partial charge on any atom is 0.273 e. The molecule has 0 radical (unpaired) electrons. The summed E-state index contributed by atoms with van der Waals surface area (Å²) in [7, 11) is 1.64. The lowest BCUT2D eigenvalue weighted by Gasteiger charge is -2.37. The fourth-order valence-electron chi connectivity index (χ4n) is 4.09. The minimum absolute atomic E-state index is 0.0360. The van der Waals surface area contributed by atoms with Gasteiger partial charge in [0, 0.05) is 16.7 Å². The van der Waals surface area contributed by atoms with E-state index in [1.54, 1.807) is 7.11 Å². The molecule has 6 heteroatoms. The molecule has 6 nitrogen and oxygen atoms in total. The average Bonchev–Trinajstić information content (AvgIpc) is 3.31. The Bertz CT molecular complexity index is 1060. The highest BCUT2D eigenvalue weighted by atomic mass is 16.5. The van der Waals surface area contributed by atoms with E-state index in [-0.39, 0.29) is 17.5 Å². The number of carbonyl (C=O) groups excluding carboxylic acids is 1. The largest absolute Gasteiger partial charge is 0.497 e. The van der Waals surface area contributed by atoms with E-state index in [4.69, 9.17) is 9.47 Å². The zero-order chi connectivity index (χ0) is 22.2. The maximum absolute atomic E-state index is 13.4. The molecule has 0 aliphatic carbocycles. The zero-order valence-corrected chi connectivity index (χ0v) is 18.7. The molecule has 2 heterocycles. The molecule has 1 amide bonds. The Labute approximate surface area is 183 Å². The van der Waals surface area contributed by atoms with Crippen LogP contribution in [-0.2, 0) is 0 Å². The van der Waals surface area contributed by atoms with Crippen LogP contribution in [0.15, 0.2) is 48.5 Å².